The summed E-state index contributed by atoms with van der Waals surface area (Å²) in [6.45, 7) is 8.04. The maximum absolute atomic E-state index is 12.3. The van der Waals surface area contributed by atoms with Crippen molar-refractivity contribution in [3.63, 3.8) is 0 Å². The standard InChI is InChI=1S/C14H20N4OS2/c1-8(9-5-6-20-7-9)16-12(19)10-11(15)17-13(21-10)18-14(2,3)4/h5-8H,15H2,1-4H3,(H,16,19)(H,17,18). The number of nitrogen functional groups attached to an aromatic ring is 1. The van der Waals surface area contributed by atoms with Crippen LogP contribution in [0, 0.1) is 0 Å². The Morgan fingerprint density at radius 1 is 1.43 bits per heavy atom. The van der Waals surface area contributed by atoms with Gasteiger partial charge in [-0.25, -0.2) is 4.98 Å². The molecule has 0 saturated heterocycles. The van der Waals surface area contributed by atoms with E-state index in [1.165, 1.54) is 11.3 Å². The second-order valence-electron chi connectivity index (χ2n) is 5.86. The maximum Gasteiger partial charge on any atom is 0.265 e. The van der Waals surface area contributed by atoms with Gasteiger partial charge in [0.15, 0.2) is 5.13 Å². The molecular formula is C14H20N4OS2. The van der Waals surface area contributed by atoms with Crippen molar-refractivity contribution in [1.82, 2.24) is 10.3 Å². The summed E-state index contributed by atoms with van der Waals surface area (Å²) in [5, 5.41) is 10.8. The smallest absolute Gasteiger partial charge is 0.265 e. The van der Waals surface area contributed by atoms with Crippen LogP contribution in [0.1, 0.15) is 49.0 Å². The predicted molar refractivity (Wildman–Crippen MR) is 90.1 cm³/mol. The van der Waals surface area contributed by atoms with Crippen LogP contribution in [0.3, 0.4) is 0 Å². The summed E-state index contributed by atoms with van der Waals surface area (Å²) in [6, 6.07) is 1.95. The molecule has 2 aromatic rings. The van der Waals surface area contributed by atoms with E-state index >= 15 is 0 Å². The number of aromatic nitrogens is 1. The number of amides is 1. The molecule has 0 fully saturated rings. The van der Waals surface area contributed by atoms with Crippen LogP contribution < -0.4 is 16.4 Å². The van der Waals surface area contributed by atoms with E-state index in [9.17, 15) is 4.79 Å². The van der Waals surface area contributed by atoms with Gasteiger partial charge >= 0.3 is 0 Å². The number of nitrogens with two attached hydrogens (primary N) is 1. The average Bonchev–Trinajstić information content (AvgIpc) is 2.96. The number of nitrogens with zero attached hydrogens (tertiary/aromatic N) is 1. The van der Waals surface area contributed by atoms with Gasteiger partial charge < -0.3 is 16.4 Å². The summed E-state index contributed by atoms with van der Waals surface area (Å²) < 4.78 is 0. The van der Waals surface area contributed by atoms with Crippen LogP contribution in [0.15, 0.2) is 16.8 Å². The van der Waals surface area contributed by atoms with Crippen molar-refractivity contribution in [3.8, 4) is 0 Å². The minimum Gasteiger partial charge on any atom is -0.382 e. The van der Waals surface area contributed by atoms with E-state index in [1.54, 1.807) is 11.3 Å². The van der Waals surface area contributed by atoms with Crippen LogP contribution in [-0.2, 0) is 0 Å². The predicted octanol–water partition coefficient (Wildman–Crippen LogP) is 3.49. The fraction of sp³-hybridized carbons (Fsp3) is 0.429. The summed E-state index contributed by atoms with van der Waals surface area (Å²) in [5.41, 5.74) is 6.82. The van der Waals surface area contributed by atoms with Gasteiger partial charge in [-0.15, -0.1) is 0 Å². The molecule has 2 heterocycles. The third-order valence-corrected chi connectivity index (χ3v) is 4.42. The number of nitrogens with one attached hydrogen (secondary N) is 2. The molecule has 2 aromatic heterocycles. The SMILES string of the molecule is CC(NC(=O)c1sc(NC(C)(C)C)nc1N)c1ccsc1. The molecule has 0 saturated carbocycles. The summed E-state index contributed by atoms with van der Waals surface area (Å²) in [4.78, 5) is 17.0. The van der Waals surface area contributed by atoms with Crippen LogP contribution in [0.5, 0.6) is 0 Å². The first-order chi connectivity index (χ1) is 9.76. The first-order valence-corrected chi connectivity index (χ1v) is 8.39. The number of thiophene rings is 1. The molecule has 1 unspecified atom stereocenters. The van der Waals surface area contributed by atoms with Crippen LogP contribution >= 0.6 is 22.7 Å². The topological polar surface area (TPSA) is 80.0 Å². The zero-order chi connectivity index (χ0) is 15.6. The largest absolute Gasteiger partial charge is 0.382 e. The molecule has 0 aromatic carbocycles. The van der Waals surface area contributed by atoms with E-state index in [2.05, 4.69) is 15.6 Å². The second kappa shape index (κ2) is 6.03. The number of hydrogen-bond acceptors (Lipinski definition) is 6. The van der Waals surface area contributed by atoms with E-state index in [1.807, 2.05) is 44.5 Å². The molecule has 1 atom stereocenters. The van der Waals surface area contributed by atoms with Crippen molar-refractivity contribution in [3.05, 3.63) is 27.3 Å². The Morgan fingerprint density at radius 2 is 2.14 bits per heavy atom. The van der Waals surface area contributed by atoms with Gasteiger partial charge in [-0.05, 0) is 50.1 Å². The van der Waals surface area contributed by atoms with Gasteiger partial charge in [0.1, 0.15) is 10.7 Å². The summed E-state index contributed by atoms with van der Waals surface area (Å²) in [5.74, 6) is 0.0763. The summed E-state index contributed by atoms with van der Waals surface area (Å²) in [6.07, 6.45) is 0. The van der Waals surface area contributed by atoms with Gasteiger partial charge in [-0.1, -0.05) is 11.3 Å². The molecule has 114 valence electrons. The quantitative estimate of drug-likeness (QED) is 0.804. The zero-order valence-corrected chi connectivity index (χ0v) is 14.2. The molecule has 1 amide bonds. The first-order valence-electron chi connectivity index (χ1n) is 6.64. The lowest BCUT2D eigenvalue weighted by molar-refractivity contribution is 0.0944. The molecule has 21 heavy (non-hydrogen) atoms. The van der Waals surface area contributed by atoms with Gasteiger partial charge in [0.25, 0.3) is 5.91 Å². The Bertz CT molecular complexity index is 613. The minimum absolute atomic E-state index is 0.0516. The second-order valence-corrected chi connectivity index (χ2v) is 7.64. The molecular weight excluding hydrogens is 304 g/mol. The van der Waals surface area contributed by atoms with Crippen molar-refractivity contribution in [1.29, 1.82) is 0 Å². The van der Waals surface area contributed by atoms with Crippen LogP contribution in [0.4, 0.5) is 10.9 Å². The summed E-state index contributed by atoms with van der Waals surface area (Å²) >= 11 is 2.89. The lowest BCUT2D eigenvalue weighted by atomic mass is 10.1. The molecule has 0 radical (unpaired) electrons. The fourth-order valence-corrected chi connectivity index (χ4v) is 3.49. The number of rotatable bonds is 4. The Morgan fingerprint density at radius 3 is 2.71 bits per heavy atom. The number of carbonyl (C=O) groups is 1. The number of thiazole rings is 1. The normalized spacial score (nSPS) is 13.0. The average molecular weight is 324 g/mol. The molecule has 0 aliphatic carbocycles. The van der Waals surface area contributed by atoms with Crippen molar-refractivity contribution >= 4 is 39.5 Å². The van der Waals surface area contributed by atoms with Crippen molar-refractivity contribution < 1.29 is 4.79 Å². The molecule has 0 aliphatic rings. The lowest BCUT2D eigenvalue weighted by Gasteiger charge is -2.19. The monoisotopic (exact) mass is 324 g/mol. The van der Waals surface area contributed by atoms with Gasteiger partial charge in [0.2, 0.25) is 0 Å². The molecule has 0 spiro atoms. The third kappa shape index (κ3) is 4.18. The Kier molecular flexibility index (Phi) is 4.53. The van der Waals surface area contributed by atoms with E-state index < -0.39 is 0 Å². The van der Waals surface area contributed by atoms with Crippen LogP contribution in [-0.4, -0.2) is 16.4 Å². The highest BCUT2D eigenvalue weighted by Gasteiger charge is 2.20. The molecule has 4 N–H and O–H groups in total. The third-order valence-electron chi connectivity index (χ3n) is 2.73. The van der Waals surface area contributed by atoms with Gasteiger partial charge in [0.05, 0.1) is 6.04 Å². The highest BCUT2D eigenvalue weighted by Crippen LogP contribution is 2.28. The summed E-state index contributed by atoms with van der Waals surface area (Å²) in [7, 11) is 0. The van der Waals surface area contributed by atoms with Gasteiger partial charge in [-0.2, -0.15) is 11.3 Å². The van der Waals surface area contributed by atoms with Crippen LogP contribution in [0.2, 0.25) is 0 Å². The van der Waals surface area contributed by atoms with Crippen molar-refractivity contribution in [2.75, 3.05) is 11.1 Å². The Balaban J connectivity index is 2.09. The van der Waals surface area contributed by atoms with Crippen LogP contribution in [0.25, 0.3) is 0 Å². The van der Waals surface area contributed by atoms with Crippen molar-refractivity contribution in [2.45, 2.75) is 39.3 Å². The first kappa shape index (κ1) is 15.8. The van der Waals surface area contributed by atoms with E-state index in [4.69, 9.17) is 5.73 Å². The number of hydrogen-bond donors (Lipinski definition) is 3. The lowest BCUT2D eigenvalue weighted by Crippen LogP contribution is -2.26. The number of anilines is 2. The van der Waals surface area contributed by atoms with Gasteiger partial charge in [-0.3, -0.25) is 4.79 Å². The molecule has 0 bridgehead atoms. The molecule has 5 nitrogen and oxygen atoms in total. The van der Waals surface area contributed by atoms with Crippen molar-refractivity contribution in [2.24, 2.45) is 0 Å². The fourth-order valence-electron chi connectivity index (χ4n) is 1.74. The highest BCUT2D eigenvalue weighted by molar-refractivity contribution is 7.18. The molecule has 7 heteroatoms. The zero-order valence-electron chi connectivity index (χ0n) is 12.6. The minimum atomic E-state index is -0.189. The van der Waals surface area contributed by atoms with E-state index in [-0.39, 0.29) is 23.3 Å². The number of carbonyl (C=O) groups excluding carboxylic acids is 1. The Labute approximate surface area is 132 Å². The Hall–Kier alpha value is -1.60. The molecule has 0 aliphatic heterocycles. The van der Waals surface area contributed by atoms with Gasteiger partial charge in [0, 0.05) is 5.54 Å². The van der Waals surface area contributed by atoms with E-state index in [0.29, 0.717) is 10.0 Å². The van der Waals surface area contributed by atoms with E-state index in [0.717, 1.165) is 5.56 Å². The molecule has 2 rings (SSSR count). The highest BCUT2D eigenvalue weighted by atomic mass is 32.1. The maximum atomic E-state index is 12.3.